The molecule has 1 aliphatic rings. The molecule has 4 rings (SSSR count). The van der Waals surface area contributed by atoms with Gasteiger partial charge in [-0.25, -0.2) is 0 Å². The maximum atomic E-state index is 12.4. The summed E-state index contributed by atoms with van der Waals surface area (Å²) in [5, 5.41) is 4.01. The van der Waals surface area contributed by atoms with Gasteiger partial charge in [-0.3, -0.25) is 9.78 Å². The van der Waals surface area contributed by atoms with Crippen molar-refractivity contribution in [3.05, 3.63) is 54.7 Å². The van der Waals surface area contributed by atoms with E-state index in [1.807, 2.05) is 43.3 Å². The first kappa shape index (κ1) is 16.3. The first-order valence-electron chi connectivity index (χ1n) is 8.52. The minimum Gasteiger partial charge on any atom is -0.494 e. The van der Waals surface area contributed by atoms with E-state index in [0.717, 1.165) is 17.0 Å². The number of nitrogens with zero attached hydrogens (tertiary/aromatic N) is 4. The Labute approximate surface area is 150 Å². The SMILES string of the molecule is CCOc1ccc(N2CC(c3nc(-c4cccnc4)no3)CC2=O)cc1. The summed E-state index contributed by atoms with van der Waals surface area (Å²) in [6, 6.07) is 11.2. The number of ether oxygens (including phenoxy) is 1. The predicted molar refractivity (Wildman–Crippen MR) is 94.9 cm³/mol. The molecule has 0 radical (unpaired) electrons. The fourth-order valence-corrected chi connectivity index (χ4v) is 3.02. The summed E-state index contributed by atoms with van der Waals surface area (Å²) in [6.45, 7) is 3.06. The van der Waals surface area contributed by atoms with Gasteiger partial charge in [0.1, 0.15) is 5.75 Å². The summed E-state index contributed by atoms with van der Waals surface area (Å²) in [5.74, 6) is 1.68. The maximum Gasteiger partial charge on any atom is 0.232 e. The molecule has 1 saturated heterocycles. The second-order valence-electron chi connectivity index (χ2n) is 6.03. The van der Waals surface area contributed by atoms with Crippen LogP contribution in [-0.2, 0) is 4.79 Å². The quantitative estimate of drug-likeness (QED) is 0.703. The molecule has 3 heterocycles. The molecule has 0 aliphatic carbocycles. The van der Waals surface area contributed by atoms with Gasteiger partial charge in [0, 0.05) is 36.6 Å². The zero-order valence-electron chi connectivity index (χ0n) is 14.3. The Kier molecular flexibility index (Phi) is 4.35. The Morgan fingerprint density at radius 1 is 1.27 bits per heavy atom. The molecule has 26 heavy (non-hydrogen) atoms. The minimum absolute atomic E-state index is 0.0419. The van der Waals surface area contributed by atoms with Crippen LogP contribution in [0.3, 0.4) is 0 Å². The van der Waals surface area contributed by atoms with Crippen LogP contribution in [0, 0.1) is 0 Å². The van der Waals surface area contributed by atoms with E-state index in [1.165, 1.54) is 0 Å². The topological polar surface area (TPSA) is 81.3 Å². The van der Waals surface area contributed by atoms with Gasteiger partial charge in [-0.2, -0.15) is 4.98 Å². The Morgan fingerprint density at radius 3 is 2.85 bits per heavy atom. The normalized spacial score (nSPS) is 16.9. The molecule has 132 valence electrons. The van der Waals surface area contributed by atoms with Crippen LogP contribution in [0.5, 0.6) is 5.75 Å². The van der Waals surface area contributed by atoms with Crippen molar-refractivity contribution in [2.24, 2.45) is 0 Å². The van der Waals surface area contributed by atoms with Gasteiger partial charge in [0.05, 0.1) is 12.5 Å². The molecule has 7 heteroatoms. The highest BCUT2D eigenvalue weighted by atomic mass is 16.5. The van der Waals surface area contributed by atoms with Crippen LogP contribution < -0.4 is 9.64 Å². The molecule has 1 atom stereocenters. The number of aromatic nitrogens is 3. The van der Waals surface area contributed by atoms with Crippen molar-refractivity contribution in [3.63, 3.8) is 0 Å². The summed E-state index contributed by atoms with van der Waals surface area (Å²) in [6.07, 6.45) is 3.72. The molecule has 1 aromatic carbocycles. The molecule has 0 N–H and O–H groups in total. The van der Waals surface area contributed by atoms with Crippen LogP contribution in [0.4, 0.5) is 5.69 Å². The van der Waals surface area contributed by atoms with Crippen molar-refractivity contribution >= 4 is 11.6 Å². The summed E-state index contributed by atoms with van der Waals surface area (Å²) >= 11 is 0. The highest BCUT2D eigenvalue weighted by Gasteiger charge is 2.35. The van der Waals surface area contributed by atoms with E-state index in [9.17, 15) is 4.79 Å². The third-order valence-corrected chi connectivity index (χ3v) is 4.30. The smallest absolute Gasteiger partial charge is 0.232 e. The number of carbonyl (C=O) groups is 1. The fraction of sp³-hybridized carbons (Fsp3) is 0.263. The highest BCUT2D eigenvalue weighted by molar-refractivity contribution is 5.96. The molecule has 0 spiro atoms. The zero-order chi connectivity index (χ0) is 17.9. The lowest BCUT2D eigenvalue weighted by Gasteiger charge is -2.16. The van der Waals surface area contributed by atoms with Gasteiger partial charge >= 0.3 is 0 Å². The number of hydrogen-bond donors (Lipinski definition) is 0. The molecular weight excluding hydrogens is 332 g/mol. The monoisotopic (exact) mass is 350 g/mol. The number of amides is 1. The van der Waals surface area contributed by atoms with Gasteiger partial charge in [0.15, 0.2) is 0 Å². The first-order chi connectivity index (χ1) is 12.7. The number of benzene rings is 1. The third-order valence-electron chi connectivity index (χ3n) is 4.30. The molecule has 1 amide bonds. The highest BCUT2D eigenvalue weighted by Crippen LogP contribution is 2.32. The lowest BCUT2D eigenvalue weighted by atomic mass is 10.1. The second-order valence-corrected chi connectivity index (χ2v) is 6.03. The third kappa shape index (κ3) is 3.15. The summed E-state index contributed by atoms with van der Waals surface area (Å²) < 4.78 is 10.8. The molecule has 0 bridgehead atoms. The van der Waals surface area contributed by atoms with Crippen molar-refractivity contribution < 1.29 is 14.1 Å². The van der Waals surface area contributed by atoms with E-state index in [1.54, 1.807) is 17.3 Å². The maximum absolute atomic E-state index is 12.4. The van der Waals surface area contributed by atoms with Crippen molar-refractivity contribution in [3.8, 4) is 17.1 Å². The standard InChI is InChI=1S/C19H18N4O3/c1-2-25-16-7-5-15(6-8-16)23-12-14(10-17(23)24)19-21-18(22-26-19)13-4-3-9-20-11-13/h3-9,11,14H,2,10,12H2,1H3. The Bertz CT molecular complexity index is 893. The molecule has 7 nitrogen and oxygen atoms in total. The van der Waals surface area contributed by atoms with E-state index >= 15 is 0 Å². The molecule has 3 aromatic rings. The van der Waals surface area contributed by atoms with E-state index < -0.39 is 0 Å². The van der Waals surface area contributed by atoms with Gasteiger partial charge < -0.3 is 14.2 Å². The van der Waals surface area contributed by atoms with Crippen LogP contribution >= 0.6 is 0 Å². The Morgan fingerprint density at radius 2 is 2.12 bits per heavy atom. The van der Waals surface area contributed by atoms with E-state index in [2.05, 4.69) is 15.1 Å². The molecular formula is C19H18N4O3. The van der Waals surface area contributed by atoms with E-state index in [4.69, 9.17) is 9.26 Å². The van der Waals surface area contributed by atoms with Crippen LogP contribution in [0.1, 0.15) is 25.2 Å². The largest absolute Gasteiger partial charge is 0.494 e. The van der Waals surface area contributed by atoms with Crippen LogP contribution in [0.15, 0.2) is 53.3 Å². The van der Waals surface area contributed by atoms with Crippen molar-refractivity contribution in [2.45, 2.75) is 19.3 Å². The number of carbonyl (C=O) groups excluding carboxylic acids is 1. The van der Waals surface area contributed by atoms with Crippen LogP contribution in [0.25, 0.3) is 11.4 Å². The van der Waals surface area contributed by atoms with Crippen molar-refractivity contribution in [1.29, 1.82) is 0 Å². The summed E-state index contributed by atoms with van der Waals surface area (Å²) in [7, 11) is 0. The first-order valence-corrected chi connectivity index (χ1v) is 8.52. The van der Waals surface area contributed by atoms with Gasteiger partial charge in [-0.1, -0.05) is 5.16 Å². The fourth-order valence-electron chi connectivity index (χ4n) is 3.02. The van der Waals surface area contributed by atoms with E-state index in [0.29, 0.717) is 31.3 Å². The van der Waals surface area contributed by atoms with Gasteiger partial charge in [0.2, 0.25) is 17.6 Å². The molecule has 1 unspecified atom stereocenters. The molecule has 1 fully saturated rings. The summed E-state index contributed by atoms with van der Waals surface area (Å²) in [5.41, 5.74) is 1.63. The number of rotatable bonds is 5. The zero-order valence-corrected chi connectivity index (χ0v) is 14.3. The second kappa shape index (κ2) is 6.95. The Hall–Kier alpha value is -3.22. The summed E-state index contributed by atoms with van der Waals surface area (Å²) in [4.78, 5) is 22.7. The predicted octanol–water partition coefficient (Wildman–Crippen LogP) is 3.05. The average Bonchev–Trinajstić information content (AvgIpc) is 3.30. The number of hydrogen-bond acceptors (Lipinski definition) is 6. The molecule has 1 aliphatic heterocycles. The van der Waals surface area contributed by atoms with Crippen LogP contribution in [-0.4, -0.2) is 34.2 Å². The average molecular weight is 350 g/mol. The van der Waals surface area contributed by atoms with Crippen LogP contribution in [0.2, 0.25) is 0 Å². The minimum atomic E-state index is -0.119. The van der Waals surface area contributed by atoms with Crippen molar-refractivity contribution in [2.75, 3.05) is 18.1 Å². The lowest BCUT2D eigenvalue weighted by Crippen LogP contribution is -2.24. The Balaban J connectivity index is 1.50. The molecule has 2 aromatic heterocycles. The number of pyridine rings is 1. The lowest BCUT2D eigenvalue weighted by molar-refractivity contribution is -0.117. The van der Waals surface area contributed by atoms with E-state index in [-0.39, 0.29) is 11.8 Å². The van der Waals surface area contributed by atoms with Gasteiger partial charge in [-0.05, 0) is 43.3 Å². The molecule has 0 saturated carbocycles. The van der Waals surface area contributed by atoms with Crippen molar-refractivity contribution in [1.82, 2.24) is 15.1 Å². The number of anilines is 1. The van der Waals surface area contributed by atoms with Gasteiger partial charge in [0.25, 0.3) is 0 Å². The van der Waals surface area contributed by atoms with Gasteiger partial charge in [-0.15, -0.1) is 0 Å².